The zero-order valence-corrected chi connectivity index (χ0v) is 21.2. The lowest BCUT2D eigenvalue weighted by atomic mass is 10.1. The molecule has 1 N–H and O–H groups in total. The summed E-state index contributed by atoms with van der Waals surface area (Å²) in [5.41, 5.74) is 2.00. The van der Waals surface area contributed by atoms with E-state index in [9.17, 15) is 14.4 Å². The summed E-state index contributed by atoms with van der Waals surface area (Å²) in [4.78, 5) is 39.7. The zero-order chi connectivity index (χ0) is 24.5. The number of benzene rings is 2. The summed E-state index contributed by atoms with van der Waals surface area (Å²) in [7, 11) is 0. The van der Waals surface area contributed by atoms with Gasteiger partial charge in [-0.05, 0) is 72.4 Å². The highest BCUT2D eigenvalue weighted by Gasteiger charge is 2.36. The summed E-state index contributed by atoms with van der Waals surface area (Å²) in [6.45, 7) is 0.375. The molecule has 0 saturated carbocycles. The monoisotopic (exact) mass is 569 g/mol. The van der Waals surface area contributed by atoms with Crippen LogP contribution in [-0.2, 0) is 22.7 Å². The number of rotatable bonds is 6. The lowest BCUT2D eigenvalue weighted by Crippen LogP contribution is -2.27. The van der Waals surface area contributed by atoms with Gasteiger partial charge >= 0.3 is 0 Å². The summed E-state index contributed by atoms with van der Waals surface area (Å²) in [6, 6.07) is 15.8. The first-order valence-corrected chi connectivity index (χ1v) is 12.5. The fourth-order valence-corrected chi connectivity index (χ4v) is 5.09. The van der Waals surface area contributed by atoms with Crippen LogP contribution in [0.1, 0.15) is 11.3 Å². The molecule has 3 heterocycles. The van der Waals surface area contributed by atoms with Gasteiger partial charge in [-0.15, -0.1) is 0 Å². The van der Waals surface area contributed by atoms with E-state index in [1.807, 2.05) is 22.8 Å². The van der Waals surface area contributed by atoms with Gasteiger partial charge in [-0.2, -0.15) is 0 Å². The molecular formula is C25H17BrClN3O4S. The third-order valence-electron chi connectivity index (χ3n) is 5.39. The number of carbonyl (C=O) groups excluding carboxylic acids is 3. The second-order valence-corrected chi connectivity index (χ2v) is 10.1. The molecule has 7 nitrogen and oxygen atoms in total. The largest absolute Gasteiger partial charge is 0.467 e. The topological polar surface area (TPSA) is 84.5 Å². The molecule has 1 aliphatic rings. The first-order chi connectivity index (χ1) is 16.9. The summed E-state index contributed by atoms with van der Waals surface area (Å²) < 4.78 is 7.92. The molecule has 176 valence electrons. The van der Waals surface area contributed by atoms with Crippen molar-refractivity contribution < 1.29 is 18.8 Å². The Morgan fingerprint density at radius 2 is 1.94 bits per heavy atom. The molecule has 3 amide bonds. The number of aromatic nitrogens is 1. The van der Waals surface area contributed by atoms with Crippen LogP contribution in [0.3, 0.4) is 0 Å². The molecule has 0 unspecified atom stereocenters. The minimum Gasteiger partial charge on any atom is -0.467 e. The van der Waals surface area contributed by atoms with Crippen molar-refractivity contribution in [3.8, 4) is 0 Å². The molecule has 0 radical (unpaired) electrons. The number of furan rings is 1. The fraction of sp³-hybridized carbons (Fsp3) is 0.0800. The summed E-state index contributed by atoms with van der Waals surface area (Å²) >= 11 is 10.3. The van der Waals surface area contributed by atoms with Crippen LogP contribution in [0.5, 0.6) is 0 Å². The van der Waals surface area contributed by atoms with Crippen molar-refractivity contribution in [3.05, 3.63) is 92.8 Å². The molecule has 0 atom stereocenters. The van der Waals surface area contributed by atoms with E-state index in [-0.39, 0.29) is 17.7 Å². The summed E-state index contributed by atoms with van der Waals surface area (Å²) in [6.07, 6.45) is 5.05. The van der Waals surface area contributed by atoms with Crippen LogP contribution >= 0.6 is 39.3 Å². The van der Waals surface area contributed by atoms with Crippen molar-refractivity contribution in [1.82, 2.24) is 9.88 Å². The second-order valence-electron chi connectivity index (χ2n) is 7.72. The van der Waals surface area contributed by atoms with Gasteiger partial charge < -0.3 is 14.3 Å². The number of imide groups is 1. The summed E-state index contributed by atoms with van der Waals surface area (Å²) in [5.74, 6) is 0.0713. The molecule has 2 aromatic carbocycles. The van der Waals surface area contributed by atoms with Crippen molar-refractivity contribution in [3.63, 3.8) is 0 Å². The standard InChI is InChI=1S/C25H17BrClN3O4S/c26-16-3-8-21-20(11-16)15(13-29(21)14-23(31)28-12-19-2-1-9-34-19)10-22-24(32)30(25(33)35-22)18-6-4-17(27)5-7-18/h1-11,13H,12,14H2,(H,28,31)/b22-10-. The average molecular weight is 571 g/mol. The van der Waals surface area contributed by atoms with E-state index in [0.717, 1.165) is 37.6 Å². The maximum atomic E-state index is 13.1. The van der Waals surface area contributed by atoms with E-state index in [1.54, 1.807) is 54.9 Å². The number of thioether (sulfide) groups is 1. The molecule has 0 spiro atoms. The quantitative estimate of drug-likeness (QED) is 0.279. The van der Waals surface area contributed by atoms with Gasteiger partial charge in [0.1, 0.15) is 12.3 Å². The predicted molar refractivity (Wildman–Crippen MR) is 140 cm³/mol. The maximum Gasteiger partial charge on any atom is 0.298 e. The Bertz CT molecular complexity index is 1480. The number of hydrogen-bond donors (Lipinski definition) is 1. The van der Waals surface area contributed by atoms with Crippen LogP contribution in [0.15, 0.2) is 80.9 Å². The van der Waals surface area contributed by atoms with Crippen LogP contribution in [0.2, 0.25) is 5.02 Å². The Morgan fingerprint density at radius 3 is 2.69 bits per heavy atom. The molecule has 4 aromatic rings. The van der Waals surface area contributed by atoms with Crippen molar-refractivity contribution in [2.75, 3.05) is 4.90 Å². The van der Waals surface area contributed by atoms with E-state index in [1.165, 1.54) is 0 Å². The lowest BCUT2D eigenvalue weighted by Gasteiger charge is -2.12. The van der Waals surface area contributed by atoms with E-state index in [0.29, 0.717) is 27.9 Å². The van der Waals surface area contributed by atoms with Crippen LogP contribution in [-0.4, -0.2) is 21.6 Å². The van der Waals surface area contributed by atoms with Crippen molar-refractivity contribution in [1.29, 1.82) is 0 Å². The number of amides is 3. The van der Waals surface area contributed by atoms with Gasteiger partial charge in [-0.1, -0.05) is 27.5 Å². The van der Waals surface area contributed by atoms with Crippen LogP contribution in [0.4, 0.5) is 10.5 Å². The Labute approximate surface area is 217 Å². The maximum absolute atomic E-state index is 13.1. The first-order valence-electron chi connectivity index (χ1n) is 10.5. The SMILES string of the molecule is O=C(Cn1cc(/C=C2\SC(=O)N(c3ccc(Cl)cc3)C2=O)c2cc(Br)ccc21)NCc1ccco1. The van der Waals surface area contributed by atoms with Gasteiger partial charge in [0, 0.05) is 32.2 Å². The minimum absolute atomic E-state index is 0.0823. The molecule has 1 saturated heterocycles. The smallest absolute Gasteiger partial charge is 0.298 e. The molecule has 35 heavy (non-hydrogen) atoms. The molecule has 2 aromatic heterocycles. The molecule has 5 rings (SSSR count). The molecule has 1 aliphatic heterocycles. The van der Waals surface area contributed by atoms with E-state index in [2.05, 4.69) is 21.2 Å². The van der Waals surface area contributed by atoms with E-state index >= 15 is 0 Å². The number of anilines is 1. The highest BCUT2D eigenvalue weighted by Crippen LogP contribution is 2.37. The first kappa shape index (κ1) is 23.5. The van der Waals surface area contributed by atoms with E-state index < -0.39 is 5.91 Å². The third-order valence-corrected chi connectivity index (χ3v) is 7.01. The number of halogens is 2. The van der Waals surface area contributed by atoms with Gasteiger partial charge in [0.15, 0.2) is 0 Å². The van der Waals surface area contributed by atoms with Crippen molar-refractivity contribution in [2.24, 2.45) is 0 Å². The van der Waals surface area contributed by atoms with Crippen molar-refractivity contribution >= 4 is 79.0 Å². The number of nitrogens with zero attached hydrogens (tertiary/aromatic N) is 2. The number of fused-ring (bicyclic) bond motifs is 1. The normalized spacial score (nSPS) is 14.9. The Balaban J connectivity index is 1.43. The lowest BCUT2D eigenvalue weighted by molar-refractivity contribution is -0.121. The van der Waals surface area contributed by atoms with Gasteiger partial charge in [0.2, 0.25) is 5.91 Å². The Hall–Kier alpha value is -3.27. The molecule has 10 heteroatoms. The zero-order valence-electron chi connectivity index (χ0n) is 18.0. The molecular weight excluding hydrogens is 554 g/mol. The van der Waals surface area contributed by atoms with Crippen molar-refractivity contribution in [2.45, 2.75) is 13.1 Å². The number of carbonyl (C=O) groups is 3. The van der Waals surface area contributed by atoms with Gasteiger partial charge in [0.05, 0.1) is 23.4 Å². The molecule has 1 fully saturated rings. The molecule has 0 aliphatic carbocycles. The second kappa shape index (κ2) is 9.77. The molecule has 0 bridgehead atoms. The number of hydrogen-bond acceptors (Lipinski definition) is 5. The Morgan fingerprint density at radius 1 is 1.14 bits per heavy atom. The Kier molecular flexibility index (Phi) is 6.55. The minimum atomic E-state index is -0.408. The highest BCUT2D eigenvalue weighted by molar-refractivity contribution is 9.10. The van der Waals surface area contributed by atoms with Crippen LogP contribution in [0.25, 0.3) is 17.0 Å². The number of nitrogens with one attached hydrogen (secondary N) is 1. The van der Waals surface area contributed by atoms with Gasteiger partial charge in [0.25, 0.3) is 11.1 Å². The summed E-state index contributed by atoms with van der Waals surface area (Å²) in [5, 5.41) is 3.81. The van der Waals surface area contributed by atoms with E-state index in [4.69, 9.17) is 16.0 Å². The van der Waals surface area contributed by atoms with Gasteiger partial charge in [-0.3, -0.25) is 14.4 Å². The predicted octanol–water partition coefficient (Wildman–Crippen LogP) is 6.21. The van der Waals surface area contributed by atoms with Crippen LogP contribution in [0, 0.1) is 0 Å². The highest BCUT2D eigenvalue weighted by atomic mass is 79.9. The average Bonchev–Trinajstić information content (AvgIpc) is 3.53. The fourth-order valence-electron chi connectivity index (χ4n) is 3.77. The van der Waals surface area contributed by atoms with Crippen LogP contribution < -0.4 is 10.2 Å². The third kappa shape index (κ3) is 4.93. The van der Waals surface area contributed by atoms with Gasteiger partial charge in [-0.25, -0.2) is 4.90 Å².